The largest absolute Gasteiger partial charge is 0.389 e. The van der Waals surface area contributed by atoms with Gasteiger partial charge in [0.15, 0.2) is 0 Å². The molecule has 0 spiro atoms. The molecule has 0 atom stereocenters. The van der Waals surface area contributed by atoms with Gasteiger partial charge < -0.3 is 0 Å². The molecule has 1 aliphatic rings. The third-order valence-corrected chi connectivity index (χ3v) is 0.521. The average Bonchev–Trinajstić information content (AvgIpc) is 2.14. The van der Waals surface area contributed by atoms with Crippen LogP contribution < -0.4 is 0 Å². The van der Waals surface area contributed by atoms with Gasteiger partial charge in [-0.05, 0) is 0 Å². The summed E-state index contributed by atoms with van der Waals surface area (Å²) >= 11 is 0. The van der Waals surface area contributed by atoms with E-state index in [9.17, 15) is 4.79 Å². The molecule has 0 fully saturated rings. The SMILES string of the molecule is N=NC1=NC(=O)N=N1. The van der Waals surface area contributed by atoms with Crippen molar-refractivity contribution < 1.29 is 4.79 Å². The lowest BCUT2D eigenvalue weighted by Crippen LogP contribution is -1.80. The summed E-state index contributed by atoms with van der Waals surface area (Å²) in [4.78, 5) is 13.1. The van der Waals surface area contributed by atoms with Gasteiger partial charge in [0.2, 0.25) is 0 Å². The predicted octanol–water partition coefficient (Wildman–Crippen LogP) is 0.959. The van der Waals surface area contributed by atoms with E-state index in [-0.39, 0.29) is 5.96 Å². The van der Waals surface area contributed by atoms with Crippen molar-refractivity contribution in [3.63, 3.8) is 0 Å². The molecule has 1 aliphatic heterocycles. The summed E-state index contributed by atoms with van der Waals surface area (Å²) in [6.45, 7) is 0. The fourth-order valence-corrected chi connectivity index (χ4v) is 0.265. The molecule has 0 aromatic heterocycles. The van der Waals surface area contributed by atoms with Gasteiger partial charge >= 0.3 is 6.03 Å². The Morgan fingerprint density at radius 2 is 2.25 bits per heavy atom. The quantitative estimate of drug-likeness (QED) is 0.463. The fourth-order valence-electron chi connectivity index (χ4n) is 0.265. The average molecular weight is 111 g/mol. The zero-order valence-electron chi connectivity index (χ0n) is 3.70. The molecule has 6 heteroatoms. The lowest BCUT2D eigenvalue weighted by Gasteiger charge is -1.68. The van der Waals surface area contributed by atoms with Gasteiger partial charge in [-0.25, -0.2) is 10.3 Å². The molecule has 0 radical (unpaired) electrons. The highest BCUT2D eigenvalue weighted by Gasteiger charge is 2.06. The molecule has 0 bridgehead atoms. The summed E-state index contributed by atoms with van der Waals surface area (Å²) in [5, 5.41) is 8.82. The van der Waals surface area contributed by atoms with Crippen LogP contribution in [0.4, 0.5) is 4.79 Å². The molecule has 0 unspecified atom stereocenters. The Hall–Kier alpha value is -1.46. The third-order valence-electron chi connectivity index (χ3n) is 0.521. The van der Waals surface area contributed by atoms with E-state index in [0.717, 1.165) is 0 Å². The second kappa shape index (κ2) is 1.57. The van der Waals surface area contributed by atoms with Gasteiger partial charge in [-0.3, -0.25) is 0 Å². The van der Waals surface area contributed by atoms with Crippen molar-refractivity contribution >= 4 is 12.0 Å². The van der Waals surface area contributed by atoms with E-state index in [4.69, 9.17) is 5.53 Å². The number of nitrogens with one attached hydrogen (secondary N) is 1. The summed E-state index contributed by atoms with van der Waals surface area (Å²) in [6, 6.07) is -0.698. The van der Waals surface area contributed by atoms with E-state index in [1.54, 1.807) is 0 Å². The Kier molecular flexibility index (Phi) is 0.918. The first-order valence-electron chi connectivity index (χ1n) is 1.75. The van der Waals surface area contributed by atoms with Gasteiger partial charge in [-0.15, -0.1) is 15.2 Å². The maximum absolute atomic E-state index is 10.0. The number of hydrogen-bond acceptors (Lipinski definition) is 4. The molecule has 8 heavy (non-hydrogen) atoms. The molecule has 0 saturated heterocycles. The Morgan fingerprint density at radius 3 is 2.50 bits per heavy atom. The van der Waals surface area contributed by atoms with Crippen molar-refractivity contribution in [3.8, 4) is 0 Å². The lowest BCUT2D eigenvalue weighted by atomic mass is 11.0. The molecule has 1 N–H and O–H groups in total. The monoisotopic (exact) mass is 111 g/mol. The molecule has 0 aliphatic carbocycles. The number of urea groups is 1. The summed E-state index contributed by atoms with van der Waals surface area (Å²) in [6.07, 6.45) is 0. The summed E-state index contributed by atoms with van der Waals surface area (Å²) in [5.74, 6) is -0.185. The number of carbonyl (C=O) groups is 1. The number of nitrogens with zero attached hydrogens (tertiary/aromatic N) is 4. The topological polar surface area (TPSA) is 90.4 Å². The molecular formula is C2HN5O. The van der Waals surface area contributed by atoms with E-state index < -0.39 is 6.03 Å². The van der Waals surface area contributed by atoms with Crippen LogP contribution in [0.2, 0.25) is 0 Å². The van der Waals surface area contributed by atoms with E-state index in [0.29, 0.717) is 0 Å². The Bertz CT molecular complexity index is 191. The second-order valence-electron chi connectivity index (χ2n) is 1.01. The number of guanidine groups is 1. The van der Waals surface area contributed by atoms with E-state index >= 15 is 0 Å². The maximum atomic E-state index is 10.0. The van der Waals surface area contributed by atoms with Crippen LogP contribution in [-0.2, 0) is 0 Å². The van der Waals surface area contributed by atoms with Crippen LogP contribution in [0.15, 0.2) is 20.3 Å². The smallest absolute Gasteiger partial charge is 0.242 e. The Morgan fingerprint density at radius 1 is 1.50 bits per heavy atom. The van der Waals surface area contributed by atoms with Crippen molar-refractivity contribution in [1.82, 2.24) is 0 Å². The Balaban J connectivity index is 2.87. The van der Waals surface area contributed by atoms with Crippen LogP contribution >= 0.6 is 0 Å². The van der Waals surface area contributed by atoms with Crippen molar-refractivity contribution in [3.05, 3.63) is 0 Å². The first-order chi connectivity index (χ1) is 3.83. The highest BCUT2D eigenvalue weighted by molar-refractivity contribution is 5.97. The normalized spacial score (nSPS) is 16.5. The minimum atomic E-state index is -0.698. The van der Waals surface area contributed by atoms with Crippen LogP contribution in [0.3, 0.4) is 0 Å². The molecule has 0 aromatic rings. The molecule has 6 nitrogen and oxygen atoms in total. The predicted molar refractivity (Wildman–Crippen MR) is 22.8 cm³/mol. The summed E-state index contributed by atoms with van der Waals surface area (Å²) in [7, 11) is 0. The minimum absolute atomic E-state index is 0.185. The molecule has 1 heterocycles. The number of carbonyl (C=O) groups excluding carboxylic acids is 1. The van der Waals surface area contributed by atoms with E-state index in [1.807, 2.05) is 0 Å². The molecule has 1 rings (SSSR count). The second-order valence-corrected chi connectivity index (χ2v) is 1.01. The van der Waals surface area contributed by atoms with Crippen LogP contribution in [0, 0.1) is 5.53 Å². The number of rotatable bonds is 0. The number of aliphatic imine (C=N–C) groups is 1. The van der Waals surface area contributed by atoms with Crippen molar-refractivity contribution in [1.29, 1.82) is 5.53 Å². The number of amides is 2. The Labute approximate surface area is 43.8 Å². The van der Waals surface area contributed by atoms with Crippen LogP contribution in [-0.4, -0.2) is 12.0 Å². The van der Waals surface area contributed by atoms with Crippen molar-refractivity contribution in [2.45, 2.75) is 0 Å². The lowest BCUT2D eigenvalue weighted by molar-refractivity contribution is 0.257. The van der Waals surface area contributed by atoms with Gasteiger partial charge in [0, 0.05) is 0 Å². The highest BCUT2D eigenvalue weighted by Crippen LogP contribution is 1.97. The van der Waals surface area contributed by atoms with Crippen molar-refractivity contribution in [2.24, 2.45) is 20.3 Å². The molecule has 0 saturated carbocycles. The van der Waals surface area contributed by atoms with Gasteiger partial charge in [-0.2, -0.15) is 0 Å². The molecule has 2 amide bonds. The maximum Gasteiger partial charge on any atom is 0.389 e. The summed E-state index contributed by atoms with van der Waals surface area (Å²) in [5.41, 5.74) is 6.28. The summed E-state index contributed by atoms with van der Waals surface area (Å²) < 4.78 is 0. The number of azo groups is 1. The van der Waals surface area contributed by atoms with Gasteiger partial charge in [0.25, 0.3) is 5.96 Å². The van der Waals surface area contributed by atoms with E-state index in [2.05, 4.69) is 20.3 Å². The zero-order chi connectivity index (χ0) is 5.98. The molecule has 40 valence electrons. The first kappa shape index (κ1) is 4.69. The van der Waals surface area contributed by atoms with Crippen LogP contribution in [0.5, 0.6) is 0 Å². The van der Waals surface area contributed by atoms with Gasteiger partial charge in [0.1, 0.15) is 0 Å². The van der Waals surface area contributed by atoms with E-state index in [1.165, 1.54) is 0 Å². The molecule has 0 aromatic carbocycles. The van der Waals surface area contributed by atoms with Crippen molar-refractivity contribution in [2.75, 3.05) is 0 Å². The third kappa shape index (κ3) is 0.625. The fraction of sp³-hybridized carbons (Fsp3) is 0. The minimum Gasteiger partial charge on any atom is -0.242 e. The van der Waals surface area contributed by atoms with Crippen LogP contribution in [0.25, 0.3) is 0 Å². The van der Waals surface area contributed by atoms with Gasteiger partial charge in [-0.1, -0.05) is 5.11 Å². The molecular weight excluding hydrogens is 110 g/mol. The first-order valence-corrected chi connectivity index (χ1v) is 1.75. The van der Waals surface area contributed by atoms with Crippen LogP contribution in [0.1, 0.15) is 0 Å². The number of hydrogen-bond donors (Lipinski definition) is 1. The highest BCUT2D eigenvalue weighted by atomic mass is 16.2. The standard InChI is InChI=1S/C2HN5O/c3-5-1-4-2(8)7-6-1/h3H. The zero-order valence-corrected chi connectivity index (χ0v) is 3.70. The van der Waals surface area contributed by atoms with Gasteiger partial charge in [0.05, 0.1) is 0 Å².